The van der Waals surface area contributed by atoms with Crippen LogP contribution in [0.3, 0.4) is 0 Å². The molecule has 1 saturated carbocycles. The number of carbonyl (C=O) groups excluding carboxylic acids is 2. The first-order valence-electron chi connectivity index (χ1n) is 12.3. The van der Waals surface area contributed by atoms with Crippen LogP contribution in [-0.2, 0) is 16.1 Å². The molecular formula is C23H34N6O2. The summed E-state index contributed by atoms with van der Waals surface area (Å²) in [5.74, 6) is 2.61. The molecule has 4 saturated heterocycles. The second-order valence-electron chi connectivity index (χ2n) is 10.6. The van der Waals surface area contributed by atoms with Gasteiger partial charge in [0.05, 0.1) is 0 Å². The molecule has 0 N–H and O–H groups in total. The molecule has 168 valence electrons. The predicted molar refractivity (Wildman–Crippen MR) is 114 cm³/mol. The summed E-state index contributed by atoms with van der Waals surface area (Å²) in [4.78, 5) is 33.7. The van der Waals surface area contributed by atoms with Gasteiger partial charge in [0.2, 0.25) is 11.8 Å². The molecule has 2 amide bonds. The van der Waals surface area contributed by atoms with Gasteiger partial charge < -0.3 is 19.3 Å². The SMILES string of the molecule is O=C([C@H]1[C@@H]2C[C@@H](CN(CCn3cnnc3)C2)[C@@H]2CCCC(=O)N21)N1C[C@H]2CCC[C@H]2C1. The zero-order valence-corrected chi connectivity index (χ0v) is 18.3. The minimum atomic E-state index is -0.245. The third kappa shape index (κ3) is 3.47. The van der Waals surface area contributed by atoms with Crippen LogP contribution in [0.5, 0.6) is 0 Å². The van der Waals surface area contributed by atoms with Crippen molar-refractivity contribution in [1.29, 1.82) is 0 Å². The Morgan fingerprint density at radius 2 is 1.65 bits per heavy atom. The standard InChI is InChI=1S/C23H34N6O2/c30-21-6-2-5-20-18-9-19(11-26(10-18)7-8-27-14-24-25-15-27)22(29(20)21)23(31)28-12-16-3-1-4-17(16)13-28/h14-20,22H,1-13H2/t16-,17+,18-,19+,20-,22+/m0/s1. The molecule has 0 unspecified atom stereocenters. The maximum atomic E-state index is 13.9. The highest BCUT2D eigenvalue weighted by Gasteiger charge is 2.53. The predicted octanol–water partition coefficient (Wildman–Crippen LogP) is 1.24. The van der Waals surface area contributed by atoms with Gasteiger partial charge in [-0.25, -0.2) is 0 Å². The van der Waals surface area contributed by atoms with E-state index in [1.807, 2.05) is 4.57 Å². The molecule has 8 heteroatoms. The van der Waals surface area contributed by atoms with Crippen molar-refractivity contribution in [3.05, 3.63) is 12.7 Å². The number of hydrogen-bond acceptors (Lipinski definition) is 5. The van der Waals surface area contributed by atoms with Crippen LogP contribution < -0.4 is 0 Å². The molecule has 6 atom stereocenters. The van der Waals surface area contributed by atoms with E-state index < -0.39 is 0 Å². The lowest BCUT2D eigenvalue weighted by molar-refractivity contribution is -0.165. The number of piperidine rings is 3. The van der Waals surface area contributed by atoms with Crippen molar-refractivity contribution in [1.82, 2.24) is 29.5 Å². The largest absolute Gasteiger partial charge is 0.340 e. The van der Waals surface area contributed by atoms with E-state index in [2.05, 4.69) is 24.9 Å². The Kier molecular flexibility index (Phi) is 5.00. The Morgan fingerprint density at radius 3 is 2.42 bits per heavy atom. The molecule has 6 rings (SSSR count). The van der Waals surface area contributed by atoms with E-state index in [0.717, 1.165) is 58.5 Å². The Hall–Kier alpha value is -1.96. The lowest BCUT2D eigenvalue weighted by Gasteiger charge is -2.56. The van der Waals surface area contributed by atoms with Crippen molar-refractivity contribution in [3.8, 4) is 0 Å². The second-order valence-corrected chi connectivity index (χ2v) is 10.6. The molecule has 2 bridgehead atoms. The van der Waals surface area contributed by atoms with Gasteiger partial charge in [0.25, 0.3) is 0 Å². The van der Waals surface area contributed by atoms with Crippen LogP contribution in [0.4, 0.5) is 0 Å². The highest BCUT2D eigenvalue weighted by atomic mass is 16.2. The van der Waals surface area contributed by atoms with Gasteiger partial charge in [0.15, 0.2) is 0 Å². The lowest BCUT2D eigenvalue weighted by Crippen LogP contribution is -2.68. The first kappa shape index (κ1) is 19.7. The fraction of sp³-hybridized carbons (Fsp3) is 0.826. The van der Waals surface area contributed by atoms with Gasteiger partial charge in [-0.15, -0.1) is 10.2 Å². The van der Waals surface area contributed by atoms with Crippen LogP contribution in [0.15, 0.2) is 12.7 Å². The normalized spacial score (nSPS) is 37.7. The van der Waals surface area contributed by atoms with Gasteiger partial charge in [-0.1, -0.05) is 6.42 Å². The van der Waals surface area contributed by atoms with Crippen LogP contribution in [0.25, 0.3) is 0 Å². The Labute approximate surface area is 183 Å². The molecule has 0 aromatic carbocycles. The molecule has 1 aromatic heterocycles. The molecule has 1 aromatic rings. The molecule has 5 fully saturated rings. The molecule has 0 radical (unpaired) electrons. The maximum Gasteiger partial charge on any atom is 0.245 e. The van der Waals surface area contributed by atoms with E-state index in [4.69, 9.17) is 0 Å². The van der Waals surface area contributed by atoms with E-state index in [-0.39, 0.29) is 29.8 Å². The molecule has 5 heterocycles. The van der Waals surface area contributed by atoms with Crippen LogP contribution in [0.2, 0.25) is 0 Å². The van der Waals surface area contributed by atoms with Gasteiger partial charge in [0, 0.05) is 57.6 Å². The van der Waals surface area contributed by atoms with Gasteiger partial charge in [-0.05, 0) is 49.9 Å². The van der Waals surface area contributed by atoms with E-state index in [9.17, 15) is 9.59 Å². The molecule has 5 aliphatic rings. The number of carbonyl (C=O) groups is 2. The third-order valence-corrected chi connectivity index (χ3v) is 8.85. The van der Waals surface area contributed by atoms with Crippen molar-refractivity contribution in [2.24, 2.45) is 23.7 Å². The number of likely N-dealkylation sites (tertiary alicyclic amines) is 2. The number of aromatic nitrogens is 3. The summed E-state index contributed by atoms with van der Waals surface area (Å²) in [5, 5.41) is 7.82. The number of nitrogens with zero attached hydrogens (tertiary/aromatic N) is 6. The Bertz CT molecular complexity index is 816. The van der Waals surface area contributed by atoms with Gasteiger partial charge in [-0.2, -0.15) is 0 Å². The quantitative estimate of drug-likeness (QED) is 0.724. The summed E-state index contributed by atoms with van der Waals surface area (Å²) in [5.41, 5.74) is 0. The van der Waals surface area contributed by atoms with Crippen molar-refractivity contribution >= 4 is 11.8 Å². The molecular weight excluding hydrogens is 392 g/mol. The maximum absolute atomic E-state index is 13.9. The van der Waals surface area contributed by atoms with E-state index in [1.165, 1.54) is 19.3 Å². The van der Waals surface area contributed by atoms with Crippen LogP contribution >= 0.6 is 0 Å². The van der Waals surface area contributed by atoms with Crippen molar-refractivity contribution in [2.45, 2.75) is 63.6 Å². The van der Waals surface area contributed by atoms with Crippen molar-refractivity contribution in [2.75, 3.05) is 32.7 Å². The number of amides is 2. The smallest absolute Gasteiger partial charge is 0.245 e. The second kappa shape index (κ2) is 7.87. The van der Waals surface area contributed by atoms with Gasteiger partial charge >= 0.3 is 0 Å². The number of rotatable bonds is 4. The zero-order chi connectivity index (χ0) is 20.9. The van der Waals surface area contributed by atoms with Crippen LogP contribution in [-0.4, -0.2) is 86.1 Å². The molecule has 0 spiro atoms. The number of hydrogen-bond donors (Lipinski definition) is 0. The van der Waals surface area contributed by atoms with Crippen molar-refractivity contribution < 1.29 is 9.59 Å². The van der Waals surface area contributed by atoms with E-state index >= 15 is 0 Å². The van der Waals surface area contributed by atoms with E-state index in [0.29, 0.717) is 24.2 Å². The summed E-state index contributed by atoms with van der Waals surface area (Å²) < 4.78 is 2.02. The Balaban J connectivity index is 1.22. The zero-order valence-electron chi connectivity index (χ0n) is 18.3. The highest BCUT2D eigenvalue weighted by molar-refractivity contribution is 5.89. The van der Waals surface area contributed by atoms with E-state index in [1.54, 1.807) is 12.7 Å². The first-order chi connectivity index (χ1) is 15.2. The summed E-state index contributed by atoms with van der Waals surface area (Å²) in [6.07, 6.45) is 11.1. The minimum Gasteiger partial charge on any atom is -0.340 e. The number of fused-ring (bicyclic) bond motifs is 5. The average molecular weight is 427 g/mol. The third-order valence-electron chi connectivity index (χ3n) is 8.85. The van der Waals surface area contributed by atoms with Gasteiger partial charge in [0.1, 0.15) is 18.7 Å². The van der Waals surface area contributed by atoms with Gasteiger partial charge in [-0.3, -0.25) is 9.59 Å². The Morgan fingerprint density at radius 1 is 0.903 bits per heavy atom. The average Bonchev–Trinajstić information content (AvgIpc) is 3.50. The monoisotopic (exact) mass is 426 g/mol. The minimum absolute atomic E-state index is 0.224. The summed E-state index contributed by atoms with van der Waals surface area (Å²) in [6.45, 7) is 5.59. The lowest BCUT2D eigenvalue weighted by atomic mass is 9.71. The fourth-order valence-electron chi connectivity index (χ4n) is 7.45. The molecule has 31 heavy (non-hydrogen) atoms. The van der Waals surface area contributed by atoms with Crippen LogP contribution in [0, 0.1) is 23.7 Å². The topological polar surface area (TPSA) is 74.6 Å². The molecule has 1 aliphatic carbocycles. The highest BCUT2D eigenvalue weighted by Crippen LogP contribution is 2.44. The summed E-state index contributed by atoms with van der Waals surface area (Å²) in [6, 6.07) is -0.00291. The van der Waals surface area contributed by atoms with Crippen LogP contribution in [0.1, 0.15) is 44.9 Å². The summed E-state index contributed by atoms with van der Waals surface area (Å²) >= 11 is 0. The molecule has 4 aliphatic heterocycles. The van der Waals surface area contributed by atoms with Crippen molar-refractivity contribution in [3.63, 3.8) is 0 Å². The first-order valence-corrected chi connectivity index (χ1v) is 12.3. The fourth-order valence-corrected chi connectivity index (χ4v) is 7.45. The summed E-state index contributed by atoms with van der Waals surface area (Å²) in [7, 11) is 0. The molecule has 8 nitrogen and oxygen atoms in total.